The molecule has 0 saturated carbocycles. The van der Waals surface area contributed by atoms with Crippen LogP contribution in [0.3, 0.4) is 0 Å². The van der Waals surface area contributed by atoms with Gasteiger partial charge in [0.05, 0.1) is 0 Å². The van der Waals surface area contributed by atoms with Crippen LogP contribution in [0.15, 0.2) is 24.3 Å². The zero-order valence-electron chi connectivity index (χ0n) is 6.07. The predicted octanol–water partition coefficient (Wildman–Crippen LogP) is -0.414. The van der Waals surface area contributed by atoms with E-state index in [0.717, 1.165) is 11.0 Å². The van der Waals surface area contributed by atoms with Gasteiger partial charge in [0.1, 0.15) is 0 Å². The van der Waals surface area contributed by atoms with Gasteiger partial charge in [-0.25, -0.2) is 0 Å². The fourth-order valence-electron chi connectivity index (χ4n) is 0.654. The minimum Gasteiger partial charge on any atom is -0.870 e. The number of benzene rings is 1. The maximum Gasteiger partial charge on any atom is -0.870 e. The molecule has 0 unspecified atom stereocenters. The number of hydrogen-bond acceptors (Lipinski definition) is 3. The number of hydrogen-bond donors (Lipinski definition) is 1. The summed E-state index contributed by atoms with van der Waals surface area (Å²) in [7, 11) is 5.44. The first kappa shape index (κ1) is 12.8. The summed E-state index contributed by atoms with van der Waals surface area (Å²) < 4.78 is 0. The molecule has 0 aliphatic rings. The zero-order chi connectivity index (χ0) is 6.69. The molecule has 0 aromatic heterocycles. The van der Waals surface area contributed by atoms with Gasteiger partial charge in [0.25, 0.3) is 0 Å². The average molecular weight is 151 g/mol. The van der Waals surface area contributed by atoms with Crippen molar-refractivity contribution in [3.63, 3.8) is 0 Å². The van der Waals surface area contributed by atoms with E-state index < -0.39 is 0 Å². The molecule has 0 spiro atoms. The fourth-order valence-corrected chi connectivity index (χ4v) is 0.654. The Morgan fingerprint density at radius 3 is 1.91 bits per heavy atom. The molecular formula is C7H10BNO2. The zero-order valence-corrected chi connectivity index (χ0v) is 6.07. The van der Waals surface area contributed by atoms with Crippen molar-refractivity contribution in [1.29, 1.82) is 0 Å². The molecule has 0 amide bonds. The third-order valence-electron chi connectivity index (χ3n) is 1.22. The molecule has 4 heteroatoms. The van der Waals surface area contributed by atoms with Crippen LogP contribution in [-0.4, -0.2) is 18.8 Å². The summed E-state index contributed by atoms with van der Waals surface area (Å²) in [5, 5.41) is 0. The van der Waals surface area contributed by atoms with E-state index in [0.29, 0.717) is 6.54 Å². The van der Waals surface area contributed by atoms with Crippen LogP contribution in [0.4, 0.5) is 0 Å². The summed E-state index contributed by atoms with van der Waals surface area (Å²) in [5.41, 5.74) is 7.26. The summed E-state index contributed by atoms with van der Waals surface area (Å²) >= 11 is 0. The van der Waals surface area contributed by atoms with Crippen molar-refractivity contribution in [2.75, 3.05) is 0 Å². The summed E-state index contributed by atoms with van der Waals surface area (Å²) in [6.45, 7) is 0.584. The van der Waals surface area contributed by atoms with Gasteiger partial charge in [0.15, 0.2) is 0 Å². The second-order valence-electron chi connectivity index (χ2n) is 1.95. The molecule has 0 bridgehead atoms. The van der Waals surface area contributed by atoms with Crippen LogP contribution in [0.2, 0.25) is 0 Å². The van der Waals surface area contributed by atoms with Gasteiger partial charge in [-0.05, 0) is 0 Å². The van der Waals surface area contributed by atoms with E-state index in [9.17, 15) is 0 Å². The third-order valence-corrected chi connectivity index (χ3v) is 1.22. The SMILES string of the molecule is [B+2]c1ccc(CN)cc1.[OH-].[OH-]. The van der Waals surface area contributed by atoms with Crippen LogP contribution >= 0.6 is 0 Å². The monoisotopic (exact) mass is 151 g/mol. The van der Waals surface area contributed by atoms with Crippen molar-refractivity contribution in [1.82, 2.24) is 0 Å². The topological polar surface area (TPSA) is 86.0 Å². The smallest absolute Gasteiger partial charge is 0.870 e. The number of rotatable bonds is 1. The first-order valence-corrected chi connectivity index (χ1v) is 2.87. The van der Waals surface area contributed by atoms with E-state index in [2.05, 4.69) is 0 Å². The van der Waals surface area contributed by atoms with Gasteiger partial charge in [-0.3, -0.25) is 0 Å². The second-order valence-corrected chi connectivity index (χ2v) is 1.95. The van der Waals surface area contributed by atoms with Crippen LogP contribution in [-0.2, 0) is 6.54 Å². The molecule has 1 aromatic rings. The van der Waals surface area contributed by atoms with Crippen LogP contribution in [0.5, 0.6) is 0 Å². The van der Waals surface area contributed by atoms with Crippen molar-refractivity contribution in [2.45, 2.75) is 6.54 Å². The van der Waals surface area contributed by atoms with Gasteiger partial charge in [-0.15, -0.1) is 0 Å². The molecule has 0 atom stereocenters. The Hall–Kier alpha value is -0.835. The van der Waals surface area contributed by atoms with E-state index in [1.54, 1.807) is 0 Å². The molecule has 1 aromatic carbocycles. The number of nitrogens with two attached hydrogens (primary N) is 1. The van der Waals surface area contributed by atoms with Crippen LogP contribution in [0.25, 0.3) is 0 Å². The molecular weight excluding hydrogens is 141 g/mol. The maximum atomic E-state index is 5.44. The van der Waals surface area contributed by atoms with Crippen molar-refractivity contribution < 1.29 is 11.0 Å². The Morgan fingerprint density at radius 2 is 1.55 bits per heavy atom. The van der Waals surface area contributed by atoms with E-state index in [1.807, 2.05) is 24.3 Å². The van der Waals surface area contributed by atoms with E-state index >= 15 is 0 Å². The normalized spacial score (nSPS) is 7.91. The Labute approximate surface area is 67.2 Å². The summed E-state index contributed by atoms with van der Waals surface area (Å²) in [4.78, 5) is 0. The van der Waals surface area contributed by atoms with E-state index in [1.165, 1.54) is 0 Å². The molecule has 4 N–H and O–H groups in total. The molecule has 0 heterocycles. The molecule has 0 radical (unpaired) electrons. The standard InChI is InChI=1S/C7H8BN.2H2O/c8-7-3-1-6(5-9)2-4-7;;/h1-4H,5,9H2;2*1H2/q+2;;/p-2. The molecule has 0 saturated heterocycles. The molecule has 0 aliphatic carbocycles. The summed E-state index contributed by atoms with van der Waals surface area (Å²) in [5.74, 6) is 0. The summed E-state index contributed by atoms with van der Waals surface area (Å²) in [6, 6.07) is 7.55. The van der Waals surface area contributed by atoms with E-state index in [4.69, 9.17) is 13.6 Å². The van der Waals surface area contributed by atoms with Gasteiger partial charge in [0.2, 0.25) is 0 Å². The molecule has 0 fully saturated rings. The van der Waals surface area contributed by atoms with Crippen molar-refractivity contribution in [3.8, 4) is 0 Å². The van der Waals surface area contributed by atoms with Gasteiger partial charge in [0, 0.05) is 0 Å². The molecule has 3 nitrogen and oxygen atoms in total. The minimum atomic E-state index is 0. The van der Waals surface area contributed by atoms with Gasteiger partial charge >= 0.3 is 55.4 Å². The largest absolute Gasteiger partial charge is 0.870 e. The molecule has 0 aliphatic heterocycles. The predicted molar refractivity (Wildman–Crippen MR) is 43.6 cm³/mol. The quantitative estimate of drug-likeness (QED) is 0.553. The minimum absolute atomic E-state index is 0. The molecule has 58 valence electrons. The Morgan fingerprint density at radius 1 is 1.09 bits per heavy atom. The summed E-state index contributed by atoms with van der Waals surface area (Å²) in [6.07, 6.45) is 0. The van der Waals surface area contributed by atoms with Crippen molar-refractivity contribution >= 4 is 13.3 Å². The Bertz CT molecular complexity index is 188. The van der Waals surface area contributed by atoms with Gasteiger partial charge in [-0.2, -0.15) is 0 Å². The van der Waals surface area contributed by atoms with Gasteiger partial charge < -0.3 is 11.0 Å². The van der Waals surface area contributed by atoms with Crippen molar-refractivity contribution in [3.05, 3.63) is 29.8 Å². The van der Waals surface area contributed by atoms with Crippen LogP contribution in [0.1, 0.15) is 5.56 Å². The third kappa shape index (κ3) is 3.77. The first-order valence-electron chi connectivity index (χ1n) is 2.87. The molecule has 11 heavy (non-hydrogen) atoms. The van der Waals surface area contributed by atoms with Crippen LogP contribution < -0.4 is 11.2 Å². The average Bonchev–Trinajstić information content (AvgIpc) is 1.90. The Balaban J connectivity index is 0. The second kappa shape index (κ2) is 5.91. The molecule has 1 rings (SSSR count). The Kier molecular flexibility index (Phi) is 6.88. The fraction of sp³-hybridized carbons (Fsp3) is 0.143. The van der Waals surface area contributed by atoms with E-state index in [-0.39, 0.29) is 11.0 Å². The van der Waals surface area contributed by atoms with Crippen LogP contribution in [0, 0.1) is 0 Å². The maximum absolute atomic E-state index is 5.44. The van der Waals surface area contributed by atoms with Crippen molar-refractivity contribution in [2.24, 2.45) is 5.73 Å². The first-order chi connectivity index (χ1) is 4.33. The van der Waals surface area contributed by atoms with Gasteiger partial charge in [-0.1, -0.05) is 0 Å².